The highest BCUT2D eigenvalue weighted by Gasteiger charge is 2.29. The number of fused-ring (bicyclic) bond motifs is 1. The van der Waals surface area contributed by atoms with E-state index in [1.54, 1.807) is 36.4 Å². The van der Waals surface area contributed by atoms with Crippen LogP contribution in [0.3, 0.4) is 0 Å². The van der Waals surface area contributed by atoms with Crippen molar-refractivity contribution in [3.63, 3.8) is 0 Å². The Kier molecular flexibility index (Phi) is 13.9. The van der Waals surface area contributed by atoms with E-state index in [4.69, 9.17) is 26.7 Å². The summed E-state index contributed by atoms with van der Waals surface area (Å²) >= 11 is 0. The van der Waals surface area contributed by atoms with Crippen molar-refractivity contribution in [3.05, 3.63) is 96.6 Å². The lowest BCUT2D eigenvalue weighted by atomic mass is 10.0. The number of hydrogen-bond donors (Lipinski definition) is 9. The summed E-state index contributed by atoms with van der Waals surface area (Å²) in [6.07, 6.45) is 0. The van der Waals surface area contributed by atoms with Crippen molar-refractivity contribution in [2.75, 3.05) is 54.4 Å². The molecular formula is C39H37N9O15S4. The smallest absolute Gasteiger partial charge is 0.296 e. The summed E-state index contributed by atoms with van der Waals surface area (Å²) in [5.74, 6) is -1.91. The normalized spacial score (nSPS) is 12.5. The van der Waals surface area contributed by atoms with Gasteiger partial charge < -0.3 is 42.4 Å². The van der Waals surface area contributed by atoms with Crippen LogP contribution in [0.15, 0.2) is 131 Å². The first-order valence-corrected chi connectivity index (χ1v) is 24.5. The van der Waals surface area contributed by atoms with Gasteiger partial charge in [0.25, 0.3) is 36.3 Å². The third-order valence-corrected chi connectivity index (χ3v) is 13.8. The maximum Gasteiger partial charge on any atom is 0.296 e. The van der Waals surface area contributed by atoms with Crippen LogP contribution in [-0.2, 0) is 44.9 Å². The molecule has 1 amide bonds. The minimum atomic E-state index is -5.37. The molecule has 0 fully saturated rings. The number of carbonyl (C=O) groups is 1. The number of azo groups is 2. The average molecular weight is 1000 g/mol. The van der Waals surface area contributed by atoms with Gasteiger partial charge in [-0.05, 0) is 84.9 Å². The molecule has 28 heteroatoms. The molecular weight excluding hydrogens is 963 g/mol. The molecule has 0 bridgehead atoms. The van der Waals surface area contributed by atoms with Crippen molar-refractivity contribution in [2.45, 2.75) is 19.6 Å². The fourth-order valence-electron chi connectivity index (χ4n) is 6.18. The second kappa shape index (κ2) is 18.9. The SMILES string of the molecule is COCCS(=O)(=O)c1ccc(N=Nc2cc(S(=O)(=O)O)c3cc(S(=O)(=O)O)c(N=Nc4ccc(C(=O)Nc5ccc(Nc6cc(OC)c(N)cc6N)cc5)cc4)c(O)c3c2N)c(S(=O)(=O)O)c1. The standard InChI is InChI=1S/C39H37N9O15S4/c1-62-13-14-64(51,52)24-11-12-28(33(15-24)66(56,57)58)46-47-30-19-32(65(53,54)55)25-16-34(67(59,60)61)37(38(49)35(25)36(30)42)48-45-23-5-3-20(4-6-23)39(50)44-22-9-7-21(8-10-22)43-29-18-31(63-2)27(41)17-26(29)40/h3-12,15-19,43,49H,13-14,40-42H2,1-2H3,(H,44,50)(H,53,54,55)(H,56,57,58)(H,59,60,61). The molecule has 0 aromatic heterocycles. The highest BCUT2D eigenvalue weighted by Crippen LogP contribution is 2.48. The molecule has 0 spiro atoms. The molecule has 0 radical (unpaired) electrons. The van der Waals surface area contributed by atoms with Crippen LogP contribution < -0.4 is 32.6 Å². The molecule has 6 rings (SSSR count). The summed E-state index contributed by atoms with van der Waals surface area (Å²) in [6.45, 7) is -0.254. The number of nitrogens with two attached hydrogens (primary N) is 3. The Morgan fingerprint density at radius 3 is 1.87 bits per heavy atom. The first-order valence-electron chi connectivity index (χ1n) is 18.6. The van der Waals surface area contributed by atoms with Crippen LogP contribution in [0.25, 0.3) is 10.8 Å². The largest absolute Gasteiger partial charge is 0.505 e. The quantitative estimate of drug-likeness (QED) is 0.0292. The number of hydrogen-bond acceptors (Lipinski definition) is 20. The Hall–Kier alpha value is -7.31. The Labute approximate surface area is 381 Å². The molecule has 0 unspecified atom stereocenters. The van der Waals surface area contributed by atoms with E-state index in [-0.39, 0.29) is 17.9 Å². The third kappa shape index (κ3) is 11.0. The first-order chi connectivity index (χ1) is 31.3. The molecule has 24 nitrogen and oxygen atoms in total. The number of phenols is 1. The molecule has 352 valence electrons. The molecule has 0 aliphatic heterocycles. The fraction of sp³-hybridized carbons (Fsp3) is 0.103. The molecule has 6 aromatic carbocycles. The monoisotopic (exact) mass is 999 g/mol. The van der Waals surface area contributed by atoms with Crippen LogP contribution in [0, 0.1) is 0 Å². The number of amides is 1. The highest BCUT2D eigenvalue weighted by molar-refractivity contribution is 7.91. The second-order valence-electron chi connectivity index (χ2n) is 14.0. The van der Waals surface area contributed by atoms with E-state index in [1.807, 2.05) is 0 Å². The molecule has 0 saturated heterocycles. The van der Waals surface area contributed by atoms with Crippen LogP contribution >= 0.6 is 0 Å². The van der Waals surface area contributed by atoms with Gasteiger partial charge in [0, 0.05) is 35.5 Å². The molecule has 0 heterocycles. The fourth-order valence-corrected chi connectivity index (χ4v) is 9.44. The summed E-state index contributed by atoms with van der Waals surface area (Å²) in [5.41, 5.74) is 17.6. The minimum absolute atomic E-state index is 0.0346. The number of anilines is 6. The number of benzene rings is 6. The molecule has 0 saturated carbocycles. The van der Waals surface area contributed by atoms with E-state index in [1.165, 1.54) is 38.5 Å². The van der Waals surface area contributed by atoms with E-state index in [2.05, 4.69) is 31.1 Å². The van der Waals surface area contributed by atoms with Crippen molar-refractivity contribution in [3.8, 4) is 11.5 Å². The van der Waals surface area contributed by atoms with Crippen LogP contribution in [0.4, 0.5) is 56.9 Å². The average Bonchev–Trinajstić information content (AvgIpc) is 3.25. The van der Waals surface area contributed by atoms with Gasteiger partial charge in [0.05, 0.1) is 58.2 Å². The Balaban J connectivity index is 1.32. The molecule has 12 N–H and O–H groups in total. The number of nitrogens with zero attached hydrogens (tertiary/aromatic N) is 4. The van der Waals surface area contributed by atoms with Crippen LogP contribution in [0.5, 0.6) is 11.5 Å². The molecule has 6 aromatic rings. The zero-order chi connectivity index (χ0) is 49.2. The van der Waals surface area contributed by atoms with Crippen molar-refractivity contribution in [1.82, 2.24) is 0 Å². The molecule has 0 aliphatic carbocycles. The summed E-state index contributed by atoms with van der Waals surface area (Å²) in [5, 5.41) is 30.9. The van der Waals surface area contributed by atoms with Crippen LogP contribution in [-0.4, -0.2) is 84.9 Å². The van der Waals surface area contributed by atoms with Crippen LogP contribution in [0.2, 0.25) is 0 Å². The Bertz CT molecular complexity index is 3480. The van der Waals surface area contributed by atoms with Gasteiger partial charge in [-0.25, -0.2) is 8.42 Å². The van der Waals surface area contributed by atoms with E-state index in [9.17, 15) is 57.2 Å². The number of ether oxygens (including phenoxy) is 2. The maximum absolute atomic E-state index is 13.1. The lowest BCUT2D eigenvalue weighted by Crippen LogP contribution is -2.12. The molecule has 67 heavy (non-hydrogen) atoms. The summed E-state index contributed by atoms with van der Waals surface area (Å²) in [7, 11) is -17.4. The van der Waals surface area contributed by atoms with Gasteiger partial charge in [-0.15, -0.1) is 15.3 Å². The first kappa shape index (κ1) is 49.1. The number of rotatable bonds is 16. The van der Waals surface area contributed by atoms with Crippen molar-refractivity contribution >= 4 is 114 Å². The number of carbonyl (C=O) groups excluding carboxylic acids is 1. The van der Waals surface area contributed by atoms with E-state index in [0.717, 1.165) is 12.1 Å². The second-order valence-corrected chi connectivity index (χ2v) is 20.2. The summed E-state index contributed by atoms with van der Waals surface area (Å²) < 4.78 is 141. The zero-order valence-electron chi connectivity index (χ0n) is 34.5. The number of methoxy groups -OCH3 is 2. The van der Waals surface area contributed by atoms with Crippen LogP contribution in [0.1, 0.15) is 10.4 Å². The molecule has 0 atom stereocenters. The van der Waals surface area contributed by atoms with Gasteiger partial charge in [0.15, 0.2) is 15.6 Å². The lowest BCUT2D eigenvalue weighted by Gasteiger charge is -2.14. The van der Waals surface area contributed by atoms with Gasteiger partial charge in [-0.3, -0.25) is 18.5 Å². The summed E-state index contributed by atoms with van der Waals surface area (Å²) in [4.78, 5) is 9.13. The highest BCUT2D eigenvalue weighted by atomic mass is 32.2. The summed E-state index contributed by atoms with van der Waals surface area (Å²) in [6, 6.07) is 18.4. The number of nitrogen functional groups attached to an aromatic ring is 3. The van der Waals surface area contributed by atoms with E-state index >= 15 is 0 Å². The topological polar surface area (TPSA) is 405 Å². The number of aromatic hydroxyl groups is 1. The van der Waals surface area contributed by atoms with E-state index < -0.39 is 111 Å². The van der Waals surface area contributed by atoms with Crippen molar-refractivity contribution in [1.29, 1.82) is 0 Å². The molecule has 0 aliphatic rings. The Morgan fingerprint density at radius 1 is 0.657 bits per heavy atom. The predicted octanol–water partition coefficient (Wildman–Crippen LogP) is 6.29. The number of phenolic OH excluding ortho intramolecular Hbond substituents is 1. The third-order valence-electron chi connectivity index (χ3n) is 9.48. The van der Waals surface area contributed by atoms with Gasteiger partial charge >= 0.3 is 0 Å². The van der Waals surface area contributed by atoms with Gasteiger partial charge in [-0.1, -0.05) is 0 Å². The minimum Gasteiger partial charge on any atom is -0.505 e. The van der Waals surface area contributed by atoms with Crippen molar-refractivity contribution < 1.29 is 66.7 Å². The van der Waals surface area contributed by atoms with E-state index in [0.29, 0.717) is 52.4 Å². The van der Waals surface area contributed by atoms with Crippen molar-refractivity contribution in [2.24, 2.45) is 20.5 Å². The lowest BCUT2D eigenvalue weighted by molar-refractivity contribution is 0.102. The maximum atomic E-state index is 13.1. The zero-order valence-corrected chi connectivity index (χ0v) is 37.8. The van der Waals surface area contributed by atoms with Gasteiger partial charge in [0.1, 0.15) is 37.5 Å². The Morgan fingerprint density at radius 2 is 1.27 bits per heavy atom. The number of nitrogens with one attached hydrogen (secondary N) is 2. The van der Waals surface area contributed by atoms with Gasteiger partial charge in [0.2, 0.25) is 0 Å². The van der Waals surface area contributed by atoms with Gasteiger partial charge in [-0.2, -0.15) is 30.4 Å². The number of sulfone groups is 1. The predicted molar refractivity (Wildman–Crippen MR) is 244 cm³/mol.